The Kier molecular flexibility index (Phi) is 3.58. The van der Waals surface area contributed by atoms with Gasteiger partial charge in [-0.3, -0.25) is 4.79 Å². The second kappa shape index (κ2) is 5.68. The molecule has 0 spiro atoms. The molecule has 0 aromatic carbocycles. The fraction of sp³-hybridized carbons (Fsp3) is 0.385. The molecule has 3 rings (SSSR count). The molecule has 0 radical (unpaired) electrons. The molecule has 104 valence electrons. The first-order chi connectivity index (χ1) is 9.81. The highest BCUT2D eigenvalue weighted by Crippen LogP contribution is 2.16. The van der Waals surface area contributed by atoms with Gasteiger partial charge in [0.2, 0.25) is 11.8 Å². The lowest BCUT2D eigenvalue weighted by Crippen LogP contribution is -2.33. The minimum Gasteiger partial charge on any atom is -0.472 e. The molecule has 1 aliphatic rings. The fourth-order valence-electron chi connectivity index (χ4n) is 2.19. The Labute approximate surface area is 116 Å². The van der Waals surface area contributed by atoms with Crippen molar-refractivity contribution in [2.24, 2.45) is 0 Å². The number of hydrogen-bond acceptors (Lipinski definition) is 5. The Morgan fingerprint density at radius 3 is 3.15 bits per heavy atom. The molecule has 1 aliphatic heterocycles. The highest BCUT2D eigenvalue weighted by atomic mass is 16.5. The van der Waals surface area contributed by atoms with Gasteiger partial charge < -0.3 is 9.64 Å². The van der Waals surface area contributed by atoms with E-state index in [9.17, 15) is 4.79 Å². The maximum Gasteiger partial charge on any atom is 0.244 e. The Balaban J connectivity index is 1.53. The molecular weight excluding hydrogens is 258 g/mol. The van der Waals surface area contributed by atoms with Gasteiger partial charge in [-0.15, -0.1) is 0 Å². The van der Waals surface area contributed by atoms with Crippen LogP contribution >= 0.6 is 0 Å². The molecule has 1 saturated heterocycles. The molecule has 7 nitrogen and oxygen atoms in total. The predicted molar refractivity (Wildman–Crippen MR) is 69.9 cm³/mol. The zero-order valence-corrected chi connectivity index (χ0v) is 10.9. The number of carbonyl (C=O) groups excluding carboxylic acids is 1. The summed E-state index contributed by atoms with van der Waals surface area (Å²) in [7, 11) is 0. The normalized spacial score (nSPS) is 18.2. The summed E-state index contributed by atoms with van der Waals surface area (Å²) in [6, 6.07) is 5.54. The third-order valence-electron chi connectivity index (χ3n) is 3.19. The van der Waals surface area contributed by atoms with Crippen LogP contribution in [0.1, 0.15) is 6.42 Å². The molecule has 1 amide bonds. The number of amides is 1. The average molecular weight is 273 g/mol. The Morgan fingerprint density at radius 1 is 1.45 bits per heavy atom. The zero-order valence-electron chi connectivity index (χ0n) is 10.9. The van der Waals surface area contributed by atoms with E-state index in [1.54, 1.807) is 11.1 Å². The van der Waals surface area contributed by atoms with Crippen molar-refractivity contribution >= 4 is 5.91 Å². The molecule has 7 heteroatoms. The van der Waals surface area contributed by atoms with Crippen molar-refractivity contribution in [2.75, 3.05) is 13.1 Å². The molecule has 0 aliphatic carbocycles. The van der Waals surface area contributed by atoms with Crippen LogP contribution in [0.4, 0.5) is 0 Å². The van der Waals surface area contributed by atoms with E-state index in [2.05, 4.69) is 15.1 Å². The van der Waals surface area contributed by atoms with Crippen LogP contribution in [0.3, 0.4) is 0 Å². The molecule has 0 saturated carbocycles. The lowest BCUT2D eigenvalue weighted by molar-refractivity contribution is -0.131. The van der Waals surface area contributed by atoms with Gasteiger partial charge in [0.05, 0.1) is 6.54 Å². The van der Waals surface area contributed by atoms with Crippen molar-refractivity contribution in [1.29, 1.82) is 0 Å². The van der Waals surface area contributed by atoms with E-state index in [4.69, 9.17) is 4.74 Å². The van der Waals surface area contributed by atoms with Gasteiger partial charge >= 0.3 is 0 Å². The number of pyridine rings is 1. The smallest absolute Gasteiger partial charge is 0.244 e. The average Bonchev–Trinajstić information content (AvgIpc) is 3.11. The highest BCUT2D eigenvalue weighted by Gasteiger charge is 2.27. The molecule has 0 bridgehead atoms. The van der Waals surface area contributed by atoms with Crippen LogP contribution in [0, 0.1) is 0 Å². The van der Waals surface area contributed by atoms with E-state index in [0.717, 1.165) is 6.42 Å². The Hall–Kier alpha value is -2.44. The first-order valence-corrected chi connectivity index (χ1v) is 6.49. The maximum atomic E-state index is 12.1. The van der Waals surface area contributed by atoms with Crippen molar-refractivity contribution in [2.45, 2.75) is 19.1 Å². The topological polar surface area (TPSA) is 73.1 Å². The van der Waals surface area contributed by atoms with E-state index >= 15 is 0 Å². The van der Waals surface area contributed by atoms with Gasteiger partial charge in [0, 0.05) is 25.2 Å². The maximum absolute atomic E-state index is 12.1. The second-order valence-corrected chi connectivity index (χ2v) is 4.63. The number of rotatable bonds is 4. The standard InChI is InChI=1S/C13H15N5O2/c19-13(8-18-10-14-9-16-18)17-6-4-11(7-17)20-12-3-1-2-5-15-12/h1-3,5,9-11H,4,6-8H2/t11-/m0/s1. The van der Waals surface area contributed by atoms with Crippen molar-refractivity contribution in [3.8, 4) is 5.88 Å². The minimum atomic E-state index is 0.00426. The fourth-order valence-corrected chi connectivity index (χ4v) is 2.19. The second-order valence-electron chi connectivity index (χ2n) is 4.63. The predicted octanol–water partition coefficient (Wildman–Crippen LogP) is 0.353. The number of aromatic nitrogens is 4. The van der Waals surface area contributed by atoms with E-state index < -0.39 is 0 Å². The van der Waals surface area contributed by atoms with Crippen LogP contribution in [-0.4, -0.2) is 49.7 Å². The molecule has 1 fully saturated rings. The first-order valence-electron chi connectivity index (χ1n) is 6.49. The third kappa shape index (κ3) is 2.93. The number of likely N-dealkylation sites (tertiary alicyclic amines) is 1. The highest BCUT2D eigenvalue weighted by molar-refractivity contribution is 5.76. The van der Waals surface area contributed by atoms with Gasteiger partial charge in [-0.05, 0) is 6.07 Å². The van der Waals surface area contributed by atoms with Crippen LogP contribution in [0.15, 0.2) is 37.1 Å². The summed E-state index contributed by atoms with van der Waals surface area (Å²) < 4.78 is 7.27. The summed E-state index contributed by atoms with van der Waals surface area (Å²) in [5.41, 5.74) is 0. The lowest BCUT2D eigenvalue weighted by atomic mass is 10.3. The van der Waals surface area contributed by atoms with Gasteiger partial charge in [-0.25, -0.2) is 14.6 Å². The summed E-state index contributed by atoms with van der Waals surface area (Å²) >= 11 is 0. The summed E-state index contributed by atoms with van der Waals surface area (Å²) in [6.07, 6.45) is 5.47. The zero-order chi connectivity index (χ0) is 13.8. The number of hydrogen-bond donors (Lipinski definition) is 0. The summed E-state index contributed by atoms with van der Waals surface area (Å²) in [5.74, 6) is 0.630. The van der Waals surface area contributed by atoms with Gasteiger partial charge in [-0.2, -0.15) is 5.10 Å². The minimum absolute atomic E-state index is 0.00426. The quantitative estimate of drug-likeness (QED) is 0.804. The molecule has 2 aromatic heterocycles. The SMILES string of the molecule is O=C(Cn1cncn1)N1CC[C@H](Oc2ccccn2)C1. The van der Waals surface area contributed by atoms with Crippen LogP contribution in [0.2, 0.25) is 0 Å². The number of carbonyl (C=O) groups is 1. The number of ether oxygens (including phenoxy) is 1. The van der Waals surface area contributed by atoms with Crippen molar-refractivity contribution < 1.29 is 9.53 Å². The first kappa shape index (κ1) is 12.6. The van der Waals surface area contributed by atoms with E-state index in [1.807, 2.05) is 18.2 Å². The van der Waals surface area contributed by atoms with Gasteiger partial charge in [-0.1, -0.05) is 6.07 Å². The van der Waals surface area contributed by atoms with Crippen LogP contribution in [0.25, 0.3) is 0 Å². The summed E-state index contributed by atoms with van der Waals surface area (Å²) in [5, 5.41) is 3.93. The molecule has 20 heavy (non-hydrogen) atoms. The third-order valence-corrected chi connectivity index (χ3v) is 3.19. The van der Waals surface area contributed by atoms with E-state index in [1.165, 1.54) is 17.3 Å². The molecule has 2 aromatic rings. The molecule has 1 atom stereocenters. The van der Waals surface area contributed by atoms with Gasteiger partial charge in [0.25, 0.3) is 0 Å². The Morgan fingerprint density at radius 2 is 2.40 bits per heavy atom. The monoisotopic (exact) mass is 273 g/mol. The van der Waals surface area contributed by atoms with Crippen LogP contribution < -0.4 is 4.74 Å². The molecule has 3 heterocycles. The van der Waals surface area contributed by atoms with Crippen LogP contribution in [-0.2, 0) is 11.3 Å². The van der Waals surface area contributed by atoms with Crippen molar-refractivity contribution in [3.63, 3.8) is 0 Å². The number of nitrogens with zero attached hydrogens (tertiary/aromatic N) is 5. The summed E-state index contributed by atoms with van der Waals surface area (Å²) in [6.45, 7) is 1.51. The Bertz CT molecular complexity index is 557. The van der Waals surface area contributed by atoms with Gasteiger partial charge in [0.1, 0.15) is 25.3 Å². The van der Waals surface area contributed by atoms with E-state index in [-0.39, 0.29) is 18.6 Å². The van der Waals surface area contributed by atoms with Gasteiger partial charge in [0.15, 0.2) is 0 Å². The van der Waals surface area contributed by atoms with Crippen molar-refractivity contribution in [3.05, 3.63) is 37.1 Å². The van der Waals surface area contributed by atoms with Crippen LogP contribution in [0.5, 0.6) is 5.88 Å². The summed E-state index contributed by atoms with van der Waals surface area (Å²) in [4.78, 5) is 21.8. The molecular formula is C13H15N5O2. The van der Waals surface area contributed by atoms with Crippen molar-refractivity contribution in [1.82, 2.24) is 24.6 Å². The van der Waals surface area contributed by atoms with E-state index in [0.29, 0.717) is 19.0 Å². The molecule has 0 N–H and O–H groups in total. The lowest BCUT2D eigenvalue weighted by Gasteiger charge is -2.16. The largest absolute Gasteiger partial charge is 0.472 e. The molecule has 0 unspecified atom stereocenters.